The molecule has 0 amide bonds. The van der Waals surface area contributed by atoms with Gasteiger partial charge < -0.3 is 0 Å². The first kappa shape index (κ1) is 16.7. The highest BCUT2D eigenvalue weighted by Crippen LogP contribution is 2.23. The second kappa shape index (κ2) is 7.09. The van der Waals surface area contributed by atoms with E-state index in [0.717, 1.165) is 36.0 Å². The van der Waals surface area contributed by atoms with Crippen LogP contribution in [-0.2, 0) is 20.5 Å². The zero-order chi connectivity index (χ0) is 16.3. The van der Waals surface area contributed by atoms with Crippen LogP contribution in [0.4, 0.5) is 0 Å². The van der Waals surface area contributed by atoms with E-state index in [-0.39, 0.29) is 11.2 Å². The Morgan fingerprint density at radius 1 is 1.05 bits per heavy atom. The largest absolute Gasteiger partial charge is 0.332 e. The molecule has 0 aromatic carbocycles. The zero-order valence-electron chi connectivity index (χ0n) is 13.5. The highest BCUT2D eigenvalue weighted by Gasteiger charge is 2.16. The molecule has 0 aliphatic carbocycles. The molecule has 6 nitrogen and oxygen atoms in total. The lowest BCUT2D eigenvalue weighted by Gasteiger charge is -2.11. The lowest BCUT2D eigenvalue weighted by molar-refractivity contribution is 0.696. The van der Waals surface area contributed by atoms with Crippen LogP contribution in [0, 0.1) is 0 Å². The number of hydrogen-bond donors (Lipinski definition) is 0. The maximum absolute atomic E-state index is 12.5. The van der Waals surface area contributed by atoms with Crippen LogP contribution in [-0.4, -0.2) is 24.9 Å². The first-order valence-electron chi connectivity index (χ1n) is 7.60. The van der Waals surface area contributed by atoms with E-state index in [1.54, 1.807) is 18.8 Å². The minimum Gasteiger partial charge on any atom is -0.280 e. The molecule has 2 rings (SSSR count). The van der Waals surface area contributed by atoms with E-state index >= 15 is 0 Å². The summed E-state index contributed by atoms with van der Waals surface area (Å²) < 4.78 is 2.55. The molecule has 22 heavy (non-hydrogen) atoms. The summed E-state index contributed by atoms with van der Waals surface area (Å²) in [5.74, 6) is 1.59. The molecule has 0 aliphatic rings. The summed E-state index contributed by atoms with van der Waals surface area (Å²) in [5, 5.41) is 1.14. The molecular weight excluding hydrogens is 300 g/mol. The molecule has 2 heterocycles. The third-order valence-corrected chi connectivity index (χ3v) is 4.59. The third kappa shape index (κ3) is 3.09. The highest BCUT2D eigenvalue weighted by molar-refractivity contribution is 7.99. The van der Waals surface area contributed by atoms with Gasteiger partial charge in [0.1, 0.15) is 16.2 Å². The molecular formula is C15H22N4O2S. The van der Waals surface area contributed by atoms with E-state index in [9.17, 15) is 9.59 Å². The van der Waals surface area contributed by atoms with Crippen molar-refractivity contribution in [1.29, 1.82) is 0 Å². The van der Waals surface area contributed by atoms with Crippen molar-refractivity contribution < 1.29 is 0 Å². The van der Waals surface area contributed by atoms with Crippen molar-refractivity contribution in [1.82, 2.24) is 19.1 Å². The second-order valence-corrected chi connectivity index (χ2v) is 6.38. The van der Waals surface area contributed by atoms with Crippen LogP contribution in [0.2, 0.25) is 0 Å². The molecule has 0 fully saturated rings. The third-order valence-electron chi connectivity index (χ3n) is 3.52. The quantitative estimate of drug-likeness (QED) is 0.461. The van der Waals surface area contributed by atoms with E-state index in [4.69, 9.17) is 0 Å². The number of thioether (sulfide) groups is 1. The number of aryl methyl sites for hydroxylation is 2. The van der Waals surface area contributed by atoms with Crippen LogP contribution in [0.25, 0.3) is 11.0 Å². The molecule has 2 aromatic rings. The van der Waals surface area contributed by atoms with Crippen LogP contribution >= 0.6 is 11.8 Å². The van der Waals surface area contributed by atoms with Gasteiger partial charge in [-0.2, -0.15) is 0 Å². The fourth-order valence-electron chi connectivity index (χ4n) is 2.22. The summed E-state index contributed by atoms with van der Waals surface area (Å²) in [7, 11) is 3.14. The summed E-state index contributed by atoms with van der Waals surface area (Å²) in [5.41, 5.74) is -0.242. The molecule has 7 heteroatoms. The van der Waals surface area contributed by atoms with Gasteiger partial charge in [0.15, 0.2) is 5.65 Å². The Bertz CT molecular complexity index is 795. The van der Waals surface area contributed by atoms with Crippen LogP contribution in [0.1, 0.15) is 38.9 Å². The lowest BCUT2D eigenvalue weighted by atomic mass is 10.3. The van der Waals surface area contributed by atoms with Gasteiger partial charge in [0.25, 0.3) is 5.56 Å². The van der Waals surface area contributed by atoms with E-state index < -0.39 is 0 Å². The molecule has 0 spiro atoms. The van der Waals surface area contributed by atoms with Gasteiger partial charge >= 0.3 is 5.69 Å². The van der Waals surface area contributed by atoms with Crippen LogP contribution in [0.3, 0.4) is 0 Å². The van der Waals surface area contributed by atoms with E-state index in [1.165, 1.54) is 11.6 Å². The van der Waals surface area contributed by atoms with Crippen molar-refractivity contribution in [3.05, 3.63) is 26.7 Å². The number of nitrogens with zero attached hydrogens (tertiary/aromatic N) is 4. The van der Waals surface area contributed by atoms with Gasteiger partial charge in [-0.3, -0.25) is 13.9 Å². The molecule has 120 valence electrons. The van der Waals surface area contributed by atoms with E-state index in [0.29, 0.717) is 21.9 Å². The molecule has 0 saturated carbocycles. The smallest absolute Gasteiger partial charge is 0.280 e. The monoisotopic (exact) mass is 322 g/mol. The topological polar surface area (TPSA) is 69.8 Å². The van der Waals surface area contributed by atoms with Crippen LogP contribution in [0.15, 0.2) is 14.6 Å². The van der Waals surface area contributed by atoms with E-state index in [2.05, 4.69) is 23.8 Å². The summed E-state index contributed by atoms with van der Waals surface area (Å²) in [4.78, 5) is 33.6. The van der Waals surface area contributed by atoms with E-state index in [1.807, 2.05) is 0 Å². The minimum atomic E-state index is -0.358. The lowest BCUT2D eigenvalue weighted by Crippen LogP contribution is -2.37. The average molecular weight is 322 g/mol. The Labute approximate surface area is 133 Å². The zero-order valence-corrected chi connectivity index (χ0v) is 14.4. The molecule has 0 radical (unpaired) electrons. The molecule has 0 atom stereocenters. The normalized spacial score (nSPS) is 11.3. The Morgan fingerprint density at radius 3 is 2.41 bits per heavy atom. The van der Waals surface area contributed by atoms with Gasteiger partial charge in [0.2, 0.25) is 0 Å². The highest BCUT2D eigenvalue weighted by atomic mass is 32.2. The standard InChI is InChI=1S/C15H22N4O2S/c1-5-7-9-22-13-11-12(16-10(17-13)8-6-2)18(3)15(21)19(4)14(11)20/h5-9H2,1-4H3. The van der Waals surface area contributed by atoms with Crippen molar-refractivity contribution in [2.75, 3.05) is 5.75 Å². The fourth-order valence-corrected chi connectivity index (χ4v) is 3.34. The predicted octanol–water partition coefficient (Wildman–Crippen LogP) is 1.87. The maximum atomic E-state index is 12.5. The Morgan fingerprint density at radius 2 is 1.77 bits per heavy atom. The van der Waals surface area contributed by atoms with Crippen molar-refractivity contribution in [2.45, 2.75) is 44.6 Å². The number of unbranched alkanes of at least 4 members (excludes halogenated alkanes) is 1. The molecule has 2 aromatic heterocycles. The molecule has 0 N–H and O–H groups in total. The summed E-state index contributed by atoms with van der Waals surface area (Å²) >= 11 is 1.57. The first-order chi connectivity index (χ1) is 10.5. The van der Waals surface area contributed by atoms with Crippen molar-refractivity contribution >= 4 is 22.8 Å². The van der Waals surface area contributed by atoms with Gasteiger partial charge in [-0.15, -0.1) is 11.8 Å². The molecule has 0 unspecified atom stereocenters. The van der Waals surface area contributed by atoms with Gasteiger partial charge in [0.05, 0.1) is 0 Å². The molecule has 0 saturated heterocycles. The Balaban J connectivity index is 2.73. The number of rotatable bonds is 6. The number of hydrogen-bond acceptors (Lipinski definition) is 5. The fraction of sp³-hybridized carbons (Fsp3) is 0.600. The van der Waals surface area contributed by atoms with Crippen molar-refractivity contribution in [3.63, 3.8) is 0 Å². The maximum Gasteiger partial charge on any atom is 0.332 e. The van der Waals surface area contributed by atoms with Gasteiger partial charge in [-0.25, -0.2) is 14.8 Å². The van der Waals surface area contributed by atoms with Crippen LogP contribution in [0.5, 0.6) is 0 Å². The first-order valence-corrected chi connectivity index (χ1v) is 8.59. The Kier molecular flexibility index (Phi) is 5.39. The van der Waals surface area contributed by atoms with Crippen LogP contribution < -0.4 is 11.2 Å². The second-order valence-electron chi connectivity index (χ2n) is 5.30. The van der Waals surface area contributed by atoms with Gasteiger partial charge in [-0.1, -0.05) is 20.3 Å². The predicted molar refractivity (Wildman–Crippen MR) is 89.6 cm³/mol. The molecule has 0 bridgehead atoms. The summed E-state index contributed by atoms with van der Waals surface area (Å²) in [6.07, 6.45) is 3.81. The van der Waals surface area contributed by atoms with Gasteiger partial charge in [0, 0.05) is 20.5 Å². The summed E-state index contributed by atoms with van der Waals surface area (Å²) in [6.45, 7) is 4.18. The van der Waals surface area contributed by atoms with Crippen molar-refractivity contribution in [3.8, 4) is 0 Å². The SMILES string of the molecule is CCCCSc1nc(CCC)nc2c1c(=O)n(C)c(=O)n2C. The molecule has 0 aliphatic heterocycles. The summed E-state index contributed by atoms with van der Waals surface area (Å²) in [6, 6.07) is 0. The minimum absolute atomic E-state index is 0.319. The number of aromatic nitrogens is 4. The Hall–Kier alpha value is -1.63. The number of fused-ring (bicyclic) bond motifs is 1. The van der Waals surface area contributed by atoms with Gasteiger partial charge in [-0.05, 0) is 18.6 Å². The van der Waals surface area contributed by atoms with Crippen molar-refractivity contribution in [2.24, 2.45) is 14.1 Å². The average Bonchev–Trinajstić information content (AvgIpc) is 2.51.